The van der Waals surface area contributed by atoms with Crippen molar-refractivity contribution in [2.75, 3.05) is 39.5 Å². The van der Waals surface area contributed by atoms with Gasteiger partial charge in [0.25, 0.3) is 5.91 Å². The molecule has 0 radical (unpaired) electrons. The van der Waals surface area contributed by atoms with Gasteiger partial charge in [-0.05, 0) is 31.8 Å². The number of hydrogen-bond donors (Lipinski definition) is 2. The maximum Gasteiger partial charge on any atom is 0.251 e. The molecule has 2 aliphatic rings. The van der Waals surface area contributed by atoms with Crippen LogP contribution in [0.15, 0.2) is 0 Å². The van der Waals surface area contributed by atoms with Crippen LogP contribution in [0.5, 0.6) is 0 Å². The van der Waals surface area contributed by atoms with Crippen LogP contribution >= 0.6 is 12.4 Å². The number of rotatable bonds is 4. The van der Waals surface area contributed by atoms with Gasteiger partial charge in [0.2, 0.25) is 0 Å². The van der Waals surface area contributed by atoms with Crippen LogP contribution in [-0.4, -0.2) is 51.5 Å². The van der Waals surface area contributed by atoms with Crippen molar-refractivity contribution < 1.29 is 14.3 Å². The van der Waals surface area contributed by atoms with Crippen molar-refractivity contribution in [3.8, 4) is 0 Å². The lowest BCUT2D eigenvalue weighted by atomic mass is 10.1. The van der Waals surface area contributed by atoms with Crippen LogP contribution in [0.25, 0.3) is 0 Å². The average Bonchev–Trinajstić information content (AvgIpc) is 2.83. The Morgan fingerprint density at radius 1 is 1.41 bits per heavy atom. The molecule has 0 aromatic carbocycles. The summed E-state index contributed by atoms with van der Waals surface area (Å²) in [4.78, 5) is 11.6. The van der Waals surface area contributed by atoms with Crippen LogP contribution in [0.3, 0.4) is 0 Å². The number of ether oxygens (including phenoxy) is 2. The summed E-state index contributed by atoms with van der Waals surface area (Å²) in [5, 5.41) is 6.22. The van der Waals surface area contributed by atoms with Gasteiger partial charge in [-0.2, -0.15) is 0 Å². The van der Waals surface area contributed by atoms with E-state index in [2.05, 4.69) is 10.6 Å². The second-order valence-electron chi connectivity index (χ2n) is 4.37. The van der Waals surface area contributed by atoms with E-state index in [0.29, 0.717) is 25.7 Å². The van der Waals surface area contributed by atoms with E-state index in [0.717, 1.165) is 26.1 Å². The molecule has 0 bridgehead atoms. The quantitative estimate of drug-likeness (QED) is 0.747. The maximum atomic E-state index is 11.6. The van der Waals surface area contributed by atoms with Gasteiger partial charge in [0.05, 0.1) is 19.8 Å². The Balaban J connectivity index is 0.00000144. The molecular formula is C11H21ClN2O3. The summed E-state index contributed by atoms with van der Waals surface area (Å²) in [7, 11) is 0. The zero-order chi connectivity index (χ0) is 11.2. The highest BCUT2D eigenvalue weighted by Gasteiger charge is 2.22. The first-order valence-electron chi connectivity index (χ1n) is 6.04. The molecule has 2 N–H and O–H groups in total. The molecule has 0 spiro atoms. The summed E-state index contributed by atoms with van der Waals surface area (Å²) in [6.07, 6.45) is 1.86. The van der Waals surface area contributed by atoms with Crippen LogP contribution in [0.4, 0.5) is 0 Å². The highest BCUT2D eigenvalue weighted by Crippen LogP contribution is 2.10. The summed E-state index contributed by atoms with van der Waals surface area (Å²) >= 11 is 0. The largest absolute Gasteiger partial charge is 0.376 e. The molecule has 17 heavy (non-hydrogen) atoms. The molecule has 2 atom stereocenters. The third kappa shape index (κ3) is 4.79. The first kappa shape index (κ1) is 14.7. The van der Waals surface area contributed by atoms with Gasteiger partial charge >= 0.3 is 0 Å². The standard InChI is InChI=1S/C11H20N2O3.ClH/c14-11(10-8-15-5-6-16-10)13-4-2-9-1-3-12-7-9;/h9-10,12H,1-8H2,(H,13,14);1H. The average molecular weight is 265 g/mol. The molecule has 0 saturated carbocycles. The fraction of sp³-hybridized carbons (Fsp3) is 0.909. The van der Waals surface area contributed by atoms with Gasteiger partial charge in [-0.15, -0.1) is 12.4 Å². The van der Waals surface area contributed by atoms with E-state index in [4.69, 9.17) is 9.47 Å². The molecule has 100 valence electrons. The van der Waals surface area contributed by atoms with Gasteiger partial charge < -0.3 is 20.1 Å². The van der Waals surface area contributed by atoms with Crippen LogP contribution in [0, 0.1) is 5.92 Å². The van der Waals surface area contributed by atoms with E-state index in [1.54, 1.807) is 0 Å². The van der Waals surface area contributed by atoms with Gasteiger partial charge in [-0.25, -0.2) is 0 Å². The SMILES string of the molecule is Cl.O=C(NCCC1CCNC1)C1COCCO1. The third-order valence-electron chi connectivity index (χ3n) is 3.12. The van der Waals surface area contributed by atoms with Gasteiger partial charge in [-0.3, -0.25) is 4.79 Å². The van der Waals surface area contributed by atoms with E-state index in [1.807, 2.05) is 0 Å². The zero-order valence-electron chi connectivity index (χ0n) is 9.94. The fourth-order valence-corrected chi connectivity index (χ4v) is 2.11. The lowest BCUT2D eigenvalue weighted by molar-refractivity contribution is -0.147. The molecule has 2 rings (SSSR count). The van der Waals surface area contributed by atoms with Gasteiger partial charge in [0, 0.05) is 6.54 Å². The van der Waals surface area contributed by atoms with Crippen molar-refractivity contribution in [2.24, 2.45) is 5.92 Å². The summed E-state index contributed by atoms with van der Waals surface area (Å²) in [5.74, 6) is 0.675. The van der Waals surface area contributed by atoms with Gasteiger partial charge in [0.15, 0.2) is 6.10 Å². The van der Waals surface area contributed by atoms with Crippen molar-refractivity contribution in [3.63, 3.8) is 0 Å². The zero-order valence-corrected chi connectivity index (χ0v) is 10.8. The molecule has 0 aromatic heterocycles. The minimum atomic E-state index is -0.407. The van der Waals surface area contributed by atoms with Crippen molar-refractivity contribution in [2.45, 2.75) is 18.9 Å². The maximum absolute atomic E-state index is 11.6. The minimum absolute atomic E-state index is 0. The van der Waals surface area contributed by atoms with Crippen molar-refractivity contribution in [3.05, 3.63) is 0 Å². The second kappa shape index (κ2) is 7.87. The monoisotopic (exact) mass is 264 g/mol. The van der Waals surface area contributed by atoms with Crippen LogP contribution in [-0.2, 0) is 14.3 Å². The van der Waals surface area contributed by atoms with Crippen molar-refractivity contribution >= 4 is 18.3 Å². The van der Waals surface area contributed by atoms with Crippen LogP contribution in [0.2, 0.25) is 0 Å². The number of hydrogen-bond acceptors (Lipinski definition) is 4. The van der Waals surface area contributed by atoms with E-state index in [-0.39, 0.29) is 18.3 Å². The first-order chi connectivity index (χ1) is 7.86. The topological polar surface area (TPSA) is 59.6 Å². The highest BCUT2D eigenvalue weighted by atomic mass is 35.5. The molecule has 5 nitrogen and oxygen atoms in total. The predicted octanol–water partition coefficient (Wildman–Crippen LogP) is -0.0606. The first-order valence-corrected chi connectivity index (χ1v) is 6.04. The van der Waals surface area contributed by atoms with Crippen LogP contribution in [0.1, 0.15) is 12.8 Å². The Morgan fingerprint density at radius 2 is 2.29 bits per heavy atom. The number of amides is 1. The Labute approximate surface area is 108 Å². The Bertz CT molecular complexity index is 229. The van der Waals surface area contributed by atoms with Crippen LogP contribution < -0.4 is 10.6 Å². The fourth-order valence-electron chi connectivity index (χ4n) is 2.11. The van der Waals surface area contributed by atoms with Gasteiger partial charge in [0.1, 0.15) is 0 Å². The van der Waals surface area contributed by atoms with Gasteiger partial charge in [-0.1, -0.05) is 0 Å². The Morgan fingerprint density at radius 3 is 2.94 bits per heavy atom. The molecule has 0 aromatic rings. The molecule has 0 aliphatic carbocycles. The third-order valence-corrected chi connectivity index (χ3v) is 3.12. The summed E-state index contributed by atoms with van der Waals surface area (Å²) in [6, 6.07) is 0. The lowest BCUT2D eigenvalue weighted by Gasteiger charge is -2.22. The molecule has 2 fully saturated rings. The number of nitrogens with one attached hydrogen (secondary N) is 2. The Kier molecular flexibility index (Phi) is 6.80. The molecular weight excluding hydrogens is 244 g/mol. The summed E-state index contributed by atoms with van der Waals surface area (Å²) < 4.78 is 10.5. The number of halogens is 1. The lowest BCUT2D eigenvalue weighted by Crippen LogP contribution is -2.43. The normalized spacial score (nSPS) is 28.5. The molecule has 6 heteroatoms. The van der Waals surface area contributed by atoms with E-state index in [1.165, 1.54) is 6.42 Å². The molecule has 2 unspecified atom stereocenters. The molecule has 2 saturated heterocycles. The molecule has 1 amide bonds. The summed E-state index contributed by atoms with van der Waals surface area (Å²) in [6.45, 7) is 4.43. The molecule has 2 aliphatic heterocycles. The van der Waals surface area contributed by atoms with Crippen molar-refractivity contribution in [1.29, 1.82) is 0 Å². The highest BCUT2D eigenvalue weighted by molar-refractivity contribution is 5.85. The van der Waals surface area contributed by atoms with Crippen molar-refractivity contribution in [1.82, 2.24) is 10.6 Å². The molecule has 2 heterocycles. The summed E-state index contributed by atoms with van der Waals surface area (Å²) in [5.41, 5.74) is 0. The van der Waals surface area contributed by atoms with E-state index >= 15 is 0 Å². The Hall–Kier alpha value is -0.360. The smallest absolute Gasteiger partial charge is 0.251 e. The second-order valence-corrected chi connectivity index (χ2v) is 4.37. The number of carbonyl (C=O) groups excluding carboxylic acids is 1. The number of carbonyl (C=O) groups is 1. The van der Waals surface area contributed by atoms with E-state index < -0.39 is 6.10 Å². The van der Waals surface area contributed by atoms with E-state index in [9.17, 15) is 4.79 Å². The minimum Gasteiger partial charge on any atom is -0.376 e. The predicted molar refractivity (Wildman–Crippen MR) is 66.4 cm³/mol.